The zero-order valence-corrected chi connectivity index (χ0v) is 37.3. The van der Waals surface area contributed by atoms with E-state index in [1.165, 1.54) is 40.0 Å². The Labute approximate surface area is 342 Å². The van der Waals surface area contributed by atoms with Gasteiger partial charge >= 0.3 is 0 Å². The number of hydrogen-bond acceptors (Lipinski definition) is 4. The van der Waals surface area contributed by atoms with Crippen molar-refractivity contribution in [2.75, 3.05) is 0 Å². The average Bonchev–Trinajstić information content (AvgIpc) is 3.50. The zero-order chi connectivity index (χ0) is 39.2. The van der Waals surface area contributed by atoms with E-state index >= 15 is 0 Å². The van der Waals surface area contributed by atoms with Gasteiger partial charge in [-0.25, -0.2) is 0 Å². The minimum absolute atomic E-state index is 0. The fourth-order valence-electron chi connectivity index (χ4n) is 8.60. The minimum atomic E-state index is 0. The largest absolute Gasteiger partial charge is 0.512 e. The first-order valence-corrected chi connectivity index (χ1v) is 20.2. The van der Waals surface area contributed by atoms with Gasteiger partial charge in [-0.05, 0) is 89.3 Å². The molecule has 0 amide bonds. The van der Waals surface area contributed by atoms with Gasteiger partial charge in [-0.2, -0.15) is 0 Å². The van der Waals surface area contributed by atoms with Gasteiger partial charge in [-0.15, -0.1) is 29.1 Å². The first kappa shape index (κ1) is 42.4. The first-order chi connectivity index (χ1) is 25.5. The van der Waals surface area contributed by atoms with Crippen molar-refractivity contribution < 1.29 is 34.4 Å². The van der Waals surface area contributed by atoms with E-state index in [1.54, 1.807) is 0 Å². The van der Waals surface area contributed by atoms with E-state index in [4.69, 9.17) is 9.40 Å². The van der Waals surface area contributed by atoms with E-state index in [-0.39, 0.29) is 59.7 Å². The van der Waals surface area contributed by atoms with Crippen molar-refractivity contribution in [2.45, 2.75) is 131 Å². The molecule has 0 bridgehead atoms. The van der Waals surface area contributed by atoms with Gasteiger partial charge in [0.1, 0.15) is 11.2 Å². The summed E-state index contributed by atoms with van der Waals surface area (Å²) in [5.41, 5.74) is 8.36. The quantitative estimate of drug-likeness (QED) is 0.0939. The van der Waals surface area contributed by atoms with Crippen molar-refractivity contribution in [3.05, 3.63) is 101 Å². The summed E-state index contributed by atoms with van der Waals surface area (Å²) in [6.45, 7) is 24.4. The maximum atomic E-state index is 11.7. The summed E-state index contributed by atoms with van der Waals surface area (Å²) in [6, 6.07) is 25.8. The third-order valence-corrected chi connectivity index (χ3v) is 12.2. The van der Waals surface area contributed by atoms with Gasteiger partial charge in [0, 0.05) is 66.2 Å². The molecule has 0 unspecified atom stereocenters. The van der Waals surface area contributed by atoms with Crippen LogP contribution in [0.1, 0.15) is 131 Å². The van der Waals surface area contributed by atoms with Crippen molar-refractivity contribution in [2.24, 2.45) is 11.8 Å². The minimum Gasteiger partial charge on any atom is -0.512 e. The third-order valence-electron chi connectivity index (χ3n) is 12.2. The number of pyridine rings is 1. The van der Waals surface area contributed by atoms with Crippen molar-refractivity contribution in [1.29, 1.82) is 0 Å². The molecule has 1 radical (unpaired) electrons. The monoisotopic (exact) mass is 915 g/mol. The molecule has 0 saturated heterocycles. The Morgan fingerprint density at radius 3 is 2.15 bits per heavy atom. The SMILES string of the molecule is CC(C)(C)c1cc(-c2nccc3cc4oc5c6c(ccc5c4cc23)C(C)(C)CCC6(C)C)[c-]c2ccccc12.CCC(CC)C(=O)/C=C(\O)C(CC)CC.[Ir]. The van der Waals surface area contributed by atoms with E-state index in [1.807, 2.05) is 33.9 Å². The number of carbonyl (C=O) groups is 1. The van der Waals surface area contributed by atoms with Crippen LogP contribution in [0.5, 0.6) is 0 Å². The molecule has 55 heavy (non-hydrogen) atoms. The average molecular weight is 915 g/mol. The van der Waals surface area contributed by atoms with Crippen molar-refractivity contribution in [3.63, 3.8) is 0 Å². The molecule has 0 atom stereocenters. The molecule has 1 aliphatic carbocycles. The normalized spacial score (nSPS) is 15.3. The van der Waals surface area contributed by atoms with E-state index in [0.717, 1.165) is 76.1 Å². The van der Waals surface area contributed by atoms with E-state index in [0.29, 0.717) is 0 Å². The Balaban J connectivity index is 0.000000311. The summed E-state index contributed by atoms with van der Waals surface area (Å²) in [5.74, 6) is 0.547. The number of fused-ring (bicyclic) bond motifs is 7. The summed E-state index contributed by atoms with van der Waals surface area (Å²) >= 11 is 0. The van der Waals surface area contributed by atoms with Gasteiger partial charge < -0.3 is 9.52 Å². The predicted octanol–water partition coefficient (Wildman–Crippen LogP) is 14.3. The van der Waals surface area contributed by atoms with Gasteiger partial charge in [-0.3, -0.25) is 9.78 Å². The number of hydrogen-bond donors (Lipinski definition) is 1. The number of ketones is 1. The van der Waals surface area contributed by atoms with E-state index in [2.05, 4.69) is 115 Å². The van der Waals surface area contributed by atoms with Crippen LogP contribution in [-0.4, -0.2) is 15.9 Å². The maximum absolute atomic E-state index is 11.7. The van der Waals surface area contributed by atoms with Crippen LogP contribution in [0.15, 0.2) is 83.1 Å². The topological polar surface area (TPSA) is 63.3 Å². The summed E-state index contributed by atoms with van der Waals surface area (Å²) < 4.78 is 6.73. The Bertz CT molecular complexity index is 2360. The van der Waals surface area contributed by atoms with Crippen molar-refractivity contribution >= 4 is 49.3 Å². The standard InChI is InChI=1S/C37H36NO.C13H24O2.Ir/c1-35(2,3)30-19-24(18-22-10-8-9-11-25(22)30)33-27-21-28-26-12-13-29-32(37(6,7)16-15-36(29,4)5)34(26)39-31(28)20-23(27)14-17-38-33;1-5-10(6-2)12(14)9-13(15)11(7-3)8-4;/h8-14,17,19-21H,15-16H2,1-7H3;9-11,14H,5-8H2,1-4H3;/q-1;;/b;12-9-;. The smallest absolute Gasteiger partial charge is 0.162 e. The molecule has 4 nitrogen and oxygen atoms in total. The number of allylic oxidation sites excluding steroid dienone is 2. The fourth-order valence-corrected chi connectivity index (χ4v) is 8.60. The van der Waals surface area contributed by atoms with Crippen LogP contribution in [0.2, 0.25) is 0 Å². The van der Waals surface area contributed by atoms with Crippen LogP contribution >= 0.6 is 0 Å². The zero-order valence-electron chi connectivity index (χ0n) is 34.9. The Morgan fingerprint density at radius 1 is 0.836 bits per heavy atom. The predicted molar refractivity (Wildman–Crippen MR) is 229 cm³/mol. The molecule has 1 aliphatic rings. The molecule has 0 spiro atoms. The van der Waals surface area contributed by atoms with Crippen molar-refractivity contribution in [3.8, 4) is 11.3 Å². The second kappa shape index (κ2) is 16.4. The second-order valence-corrected chi connectivity index (χ2v) is 17.9. The molecule has 2 aromatic heterocycles. The van der Waals surface area contributed by atoms with Gasteiger partial charge in [0.15, 0.2) is 5.78 Å². The summed E-state index contributed by atoms with van der Waals surface area (Å²) in [7, 11) is 0. The van der Waals surface area contributed by atoms with Crippen LogP contribution in [0.25, 0.3) is 54.7 Å². The number of aliphatic hydroxyl groups excluding tert-OH is 1. The molecule has 7 rings (SSSR count). The van der Waals surface area contributed by atoms with Gasteiger partial charge in [0.05, 0.1) is 5.76 Å². The number of benzene rings is 4. The third kappa shape index (κ3) is 8.21. The molecule has 0 saturated carbocycles. The molecular weight excluding hydrogens is 855 g/mol. The molecular formula is C50H60IrNO3-. The molecule has 5 heteroatoms. The van der Waals surface area contributed by atoms with E-state index in [9.17, 15) is 9.90 Å². The van der Waals surface area contributed by atoms with Gasteiger partial charge in [0.2, 0.25) is 0 Å². The number of carbonyl (C=O) groups excluding carboxylic acids is 1. The maximum Gasteiger partial charge on any atom is 0.162 e. The van der Waals surface area contributed by atoms with Crippen LogP contribution in [0, 0.1) is 17.9 Å². The number of furan rings is 1. The first-order valence-electron chi connectivity index (χ1n) is 20.2. The Kier molecular flexibility index (Phi) is 12.6. The molecule has 6 aromatic rings. The van der Waals surface area contributed by atoms with E-state index < -0.39 is 0 Å². The number of aromatic nitrogens is 1. The van der Waals surface area contributed by atoms with Gasteiger partial charge in [-0.1, -0.05) is 117 Å². The Morgan fingerprint density at radius 2 is 1.49 bits per heavy atom. The number of nitrogens with zero attached hydrogens (tertiary/aromatic N) is 1. The molecule has 0 aliphatic heterocycles. The fraction of sp³-hybridized carbons (Fsp3) is 0.440. The molecule has 0 fully saturated rings. The molecule has 2 heterocycles. The summed E-state index contributed by atoms with van der Waals surface area (Å²) in [4.78, 5) is 16.6. The molecule has 293 valence electrons. The van der Waals surface area contributed by atoms with Crippen LogP contribution in [-0.2, 0) is 41.1 Å². The van der Waals surface area contributed by atoms with Crippen LogP contribution < -0.4 is 0 Å². The molecule has 1 N–H and O–H groups in total. The second-order valence-electron chi connectivity index (χ2n) is 17.9. The summed E-state index contributed by atoms with van der Waals surface area (Å²) in [6.07, 6.45) is 9.17. The molecule has 4 aromatic carbocycles. The summed E-state index contributed by atoms with van der Waals surface area (Å²) in [5, 5.41) is 16.8. The van der Waals surface area contributed by atoms with Crippen molar-refractivity contribution in [1.82, 2.24) is 4.98 Å². The van der Waals surface area contributed by atoms with Crippen LogP contribution in [0.4, 0.5) is 0 Å². The number of aliphatic hydroxyl groups is 1. The Hall–Kier alpha value is -3.79. The van der Waals surface area contributed by atoms with Crippen LogP contribution in [0.3, 0.4) is 0 Å². The van der Waals surface area contributed by atoms with Gasteiger partial charge in [0.25, 0.3) is 0 Å². The number of rotatable bonds is 8.